The number of ether oxygens (including phenoxy) is 2. The number of morpholine rings is 1. The minimum Gasteiger partial charge on any atom is -0.487 e. The maximum absolute atomic E-state index is 14.6. The zero-order chi connectivity index (χ0) is 23.5. The Hall–Kier alpha value is -2.69. The molecule has 3 aromatic rings. The van der Waals surface area contributed by atoms with Crippen molar-refractivity contribution in [2.24, 2.45) is 0 Å². The van der Waals surface area contributed by atoms with Gasteiger partial charge in [0.15, 0.2) is 0 Å². The molecule has 0 radical (unpaired) electrons. The van der Waals surface area contributed by atoms with Crippen molar-refractivity contribution in [2.75, 3.05) is 26.3 Å². The Morgan fingerprint density at radius 1 is 0.970 bits per heavy atom. The van der Waals surface area contributed by atoms with Crippen molar-refractivity contribution >= 4 is 15.9 Å². The summed E-state index contributed by atoms with van der Waals surface area (Å²) in [6, 6.07) is 7.90. The third kappa shape index (κ3) is 5.13. The summed E-state index contributed by atoms with van der Waals surface area (Å²) in [5.74, 6) is -3.23. The molecule has 1 aromatic heterocycles. The molecule has 0 saturated carbocycles. The van der Waals surface area contributed by atoms with E-state index in [9.17, 15) is 22.4 Å². The van der Waals surface area contributed by atoms with E-state index in [0.29, 0.717) is 26.3 Å². The van der Waals surface area contributed by atoms with Crippen molar-refractivity contribution in [3.63, 3.8) is 0 Å². The van der Waals surface area contributed by atoms with Gasteiger partial charge in [0.05, 0.1) is 13.2 Å². The molecule has 0 bridgehead atoms. The molecule has 0 aliphatic carbocycles. The van der Waals surface area contributed by atoms with E-state index in [1.54, 1.807) is 0 Å². The van der Waals surface area contributed by atoms with E-state index in [2.05, 4.69) is 15.9 Å². The zero-order valence-corrected chi connectivity index (χ0v) is 18.9. The first-order chi connectivity index (χ1) is 15.8. The molecule has 1 fully saturated rings. The molecule has 2 aromatic carbocycles. The van der Waals surface area contributed by atoms with Gasteiger partial charge in [-0.3, -0.25) is 14.3 Å². The lowest BCUT2D eigenvalue weighted by Crippen LogP contribution is -2.37. The number of hydrogen-bond donors (Lipinski definition) is 0. The lowest BCUT2D eigenvalue weighted by atomic mass is 10.2. The summed E-state index contributed by atoms with van der Waals surface area (Å²) in [5, 5.41) is 0. The molecule has 33 heavy (non-hydrogen) atoms. The molecule has 1 aliphatic rings. The van der Waals surface area contributed by atoms with Crippen molar-refractivity contribution in [3.8, 4) is 11.4 Å². The van der Waals surface area contributed by atoms with Crippen LogP contribution in [0.5, 0.6) is 5.75 Å². The molecule has 0 spiro atoms. The number of pyridine rings is 1. The molecular formula is C23H19BrF4N2O3. The minimum absolute atomic E-state index is 0.0694. The van der Waals surface area contributed by atoms with Crippen molar-refractivity contribution in [2.45, 2.75) is 13.2 Å². The van der Waals surface area contributed by atoms with Crippen molar-refractivity contribution in [1.29, 1.82) is 0 Å². The normalized spacial score (nSPS) is 14.5. The van der Waals surface area contributed by atoms with Crippen LogP contribution in [0.25, 0.3) is 5.69 Å². The highest BCUT2D eigenvalue weighted by Crippen LogP contribution is 2.28. The zero-order valence-electron chi connectivity index (χ0n) is 17.3. The summed E-state index contributed by atoms with van der Waals surface area (Å²) >= 11 is 3.15. The Bertz CT molecular complexity index is 1210. The molecule has 10 heteroatoms. The highest BCUT2D eigenvalue weighted by Gasteiger charge is 2.23. The molecule has 2 heterocycles. The summed E-state index contributed by atoms with van der Waals surface area (Å²) in [6.45, 7) is 2.03. The van der Waals surface area contributed by atoms with E-state index in [-0.39, 0.29) is 34.6 Å². The standard InChI is InChI=1S/C23H19BrF4N2O3/c24-21-20(33-13-14-4-5-15(25)10-19(14)28)11-16(12-29-6-8-32-9-7-29)30(23(21)31)22-17(26)2-1-3-18(22)27/h1-5,10-11H,6-9,12-13H2. The minimum atomic E-state index is -0.894. The fraction of sp³-hybridized carbons (Fsp3) is 0.261. The van der Waals surface area contributed by atoms with Crippen LogP contribution in [-0.2, 0) is 17.9 Å². The second kappa shape index (κ2) is 10.1. The summed E-state index contributed by atoms with van der Waals surface area (Å²) in [5.41, 5.74) is -0.868. The molecule has 0 atom stereocenters. The average Bonchev–Trinajstić information content (AvgIpc) is 2.78. The van der Waals surface area contributed by atoms with Crippen molar-refractivity contribution in [1.82, 2.24) is 9.47 Å². The topological polar surface area (TPSA) is 43.7 Å². The third-order valence-corrected chi connectivity index (χ3v) is 5.97. The van der Waals surface area contributed by atoms with Crippen LogP contribution in [0.3, 0.4) is 0 Å². The number of para-hydroxylation sites is 1. The van der Waals surface area contributed by atoms with Crippen molar-refractivity contribution < 1.29 is 27.0 Å². The van der Waals surface area contributed by atoms with Gasteiger partial charge in [0.25, 0.3) is 5.56 Å². The monoisotopic (exact) mass is 526 g/mol. The van der Waals surface area contributed by atoms with Crippen LogP contribution < -0.4 is 10.3 Å². The Balaban J connectivity index is 1.76. The highest BCUT2D eigenvalue weighted by atomic mass is 79.9. The molecule has 5 nitrogen and oxygen atoms in total. The first-order valence-electron chi connectivity index (χ1n) is 10.1. The second-order valence-corrected chi connectivity index (χ2v) is 8.23. The maximum atomic E-state index is 14.6. The number of hydrogen-bond acceptors (Lipinski definition) is 4. The van der Waals surface area contributed by atoms with E-state index in [1.165, 1.54) is 18.2 Å². The average molecular weight is 527 g/mol. The Morgan fingerprint density at radius 2 is 1.67 bits per heavy atom. The van der Waals surface area contributed by atoms with Gasteiger partial charge in [0, 0.05) is 43.0 Å². The second-order valence-electron chi connectivity index (χ2n) is 7.44. The Morgan fingerprint density at radius 3 is 2.33 bits per heavy atom. The lowest BCUT2D eigenvalue weighted by Gasteiger charge is -2.28. The molecule has 4 rings (SSSR count). The first kappa shape index (κ1) is 23.5. The Labute approximate surface area is 195 Å². The van der Waals surface area contributed by atoms with E-state index in [0.717, 1.165) is 28.8 Å². The summed E-state index contributed by atoms with van der Waals surface area (Å²) in [6.07, 6.45) is 0. The van der Waals surface area contributed by atoms with Gasteiger partial charge in [-0.05, 0) is 40.2 Å². The van der Waals surface area contributed by atoms with Gasteiger partial charge >= 0.3 is 0 Å². The highest BCUT2D eigenvalue weighted by molar-refractivity contribution is 9.10. The molecule has 1 aliphatic heterocycles. The third-order valence-electron chi connectivity index (χ3n) is 5.24. The molecule has 0 N–H and O–H groups in total. The SMILES string of the molecule is O=c1c(Br)c(OCc2ccc(F)cc2F)cc(CN2CCOCC2)n1-c1c(F)cccc1F. The van der Waals surface area contributed by atoms with Crippen LogP contribution >= 0.6 is 15.9 Å². The van der Waals surface area contributed by atoms with Gasteiger partial charge in [-0.15, -0.1) is 0 Å². The van der Waals surface area contributed by atoms with Gasteiger partial charge in [-0.25, -0.2) is 17.6 Å². The molecule has 1 saturated heterocycles. The molecule has 0 unspecified atom stereocenters. The van der Waals surface area contributed by atoms with Crippen LogP contribution in [0.1, 0.15) is 11.3 Å². The van der Waals surface area contributed by atoms with E-state index < -0.39 is 34.5 Å². The summed E-state index contributed by atoms with van der Waals surface area (Å²) < 4.78 is 68.2. The van der Waals surface area contributed by atoms with Gasteiger partial charge in [-0.1, -0.05) is 6.07 Å². The fourth-order valence-corrected chi connectivity index (χ4v) is 3.97. The smallest absolute Gasteiger partial charge is 0.273 e. The maximum Gasteiger partial charge on any atom is 0.273 e. The van der Waals surface area contributed by atoms with Crippen molar-refractivity contribution in [3.05, 3.63) is 91.8 Å². The Kier molecular flexibility index (Phi) is 7.16. The fourth-order valence-electron chi connectivity index (χ4n) is 3.57. The molecular weight excluding hydrogens is 508 g/mol. The summed E-state index contributed by atoms with van der Waals surface area (Å²) in [7, 11) is 0. The quantitative estimate of drug-likeness (QED) is 0.441. The summed E-state index contributed by atoms with van der Waals surface area (Å²) in [4.78, 5) is 15.2. The van der Waals surface area contributed by atoms with Crippen LogP contribution in [0.15, 0.2) is 51.7 Å². The van der Waals surface area contributed by atoms with Gasteiger partial charge in [0.1, 0.15) is 45.8 Å². The number of aromatic nitrogens is 1. The van der Waals surface area contributed by atoms with Gasteiger partial charge < -0.3 is 9.47 Å². The van der Waals surface area contributed by atoms with Crippen LogP contribution in [0, 0.1) is 23.3 Å². The van der Waals surface area contributed by atoms with Gasteiger partial charge in [-0.2, -0.15) is 0 Å². The first-order valence-corrected chi connectivity index (χ1v) is 10.9. The molecule has 174 valence electrons. The van der Waals surface area contributed by atoms with Crippen LogP contribution in [0.4, 0.5) is 17.6 Å². The van der Waals surface area contributed by atoms with Crippen LogP contribution in [-0.4, -0.2) is 35.8 Å². The van der Waals surface area contributed by atoms with E-state index in [4.69, 9.17) is 9.47 Å². The number of benzene rings is 2. The number of rotatable bonds is 6. The molecule has 0 amide bonds. The number of halogens is 5. The lowest BCUT2D eigenvalue weighted by molar-refractivity contribution is 0.0332. The van der Waals surface area contributed by atoms with Gasteiger partial charge in [0.2, 0.25) is 0 Å². The predicted octanol–water partition coefficient (Wildman–Crippen LogP) is 4.57. The van der Waals surface area contributed by atoms with E-state index in [1.807, 2.05) is 4.90 Å². The largest absolute Gasteiger partial charge is 0.487 e. The predicted molar refractivity (Wildman–Crippen MR) is 116 cm³/mol. The number of nitrogens with zero attached hydrogens (tertiary/aromatic N) is 2. The van der Waals surface area contributed by atoms with Crippen LogP contribution in [0.2, 0.25) is 0 Å². The van der Waals surface area contributed by atoms with E-state index >= 15 is 0 Å².